The van der Waals surface area contributed by atoms with E-state index in [-0.39, 0.29) is 27.3 Å². The monoisotopic (exact) mass is 340 g/mol. The van der Waals surface area contributed by atoms with Crippen molar-refractivity contribution in [2.45, 2.75) is 27.7 Å². The Balaban J connectivity index is 0. The fraction of sp³-hybridized carbons (Fsp3) is 1.00. The molecule has 0 aliphatic rings. The first-order chi connectivity index (χ1) is 5.52. The summed E-state index contributed by atoms with van der Waals surface area (Å²) in [7, 11) is 0. The summed E-state index contributed by atoms with van der Waals surface area (Å²) in [5.74, 6) is 2.46. The molecule has 0 aliphatic heterocycles. The van der Waals surface area contributed by atoms with Gasteiger partial charge in [-0.25, -0.2) is 0 Å². The number of hydrogen-bond acceptors (Lipinski definition) is 3. The second-order valence-electron chi connectivity index (χ2n) is 3.66. The minimum absolute atomic E-state index is 0. The first-order valence-electron chi connectivity index (χ1n) is 4.32. The SMILES string of the molecule is CC(C)CO[PH](=S)SCC(C)C.[Cd]. The summed E-state index contributed by atoms with van der Waals surface area (Å²) in [5, 5.41) is 0. The Labute approximate surface area is 112 Å². The van der Waals surface area contributed by atoms with Crippen LogP contribution >= 0.6 is 17.5 Å². The molecule has 0 amide bonds. The average molecular weight is 339 g/mol. The maximum Gasteiger partial charge on any atom is 0.107 e. The summed E-state index contributed by atoms with van der Waals surface area (Å²) < 4.78 is 5.53. The molecule has 0 fully saturated rings. The molecule has 1 nitrogen and oxygen atoms in total. The van der Waals surface area contributed by atoms with E-state index in [1.54, 1.807) is 0 Å². The molecule has 0 rings (SSSR count). The fourth-order valence-electron chi connectivity index (χ4n) is 0.511. The normalized spacial score (nSPS) is 13.1. The van der Waals surface area contributed by atoms with Crippen LogP contribution in [0, 0.1) is 11.8 Å². The predicted molar refractivity (Wildman–Crippen MR) is 63.8 cm³/mol. The number of hydrogen-bond donors (Lipinski definition) is 0. The van der Waals surface area contributed by atoms with Crippen molar-refractivity contribution in [3.63, 3.8) is 0 Å². The molecule has 1 atom stereocenters. The Morgan fingerprint density at radius 2 is 1.77 bits per heavy atom. The van der Waals surface area contributed by atoms with Gasteiger partial charge in [0.1, 0.15) is 6.13 Å². The van der Waals surface area contributed by atoms with Crippen LogP contribution < -0.4 is 0 Å². The van der Waals surface area contributed by atoms with Crippen molar-refractivity contribution in [2.24, 2.45) is 11.8 Å². The quantitative estimate of drug-likeness (QED) is 0.541. The minimum Gasteiger partial charge on any atom is -0.344 e. The van der Waals surface area contributed by atoms with Crippen molar-refractivity contribution >= 4 is 29.3 Å². The van der Waals surface area contributed by atoms with Crippen molar-refractivity contribution in [1.82, 2.24) is 0 Å². The van der Waals surface area contributed by atoms with Crippen LogP contribution in [0.3, 0.4) is 0 Å². The second kappa shape index (κ2) is 10.4. The summed E-state index contributed by atoms with van der Waals surface area (Å²) >= 11 is 7.04. The third-order valence-electron chi connectivity index (χ3n) is 1.07. The average Bonchev–Trinajstić information content (AvgIpc) is 1.96. The summed E-state index contributed by atoms with van der Waals surface area (Å²) in [6.07, 6.45) is -0.980. The van der Waals surface area contributed by atoms with E-state index in [4.69, 9.17) is 16.3 Å². The number of rotatable bonds is 6. The Bertz CT molecular complexity index is 128. The Kier molecular flexibility index (Phi) is 13.8. The zero-order valence-corrected chi connectivity index (χ0v) is 15.7. The van der Waals surface area contributed by atoms with Crippen LogP contribution in [0.4, 0.5) is 0 Å². The van der Waals surface area contributed by atoms with Gasteiger partial charge in [-0.1, -0.05) is 39.5 Å². The zero-order valence-electron chi connectivity index (χ0n) is 9.00. The van der Waals surface area contributed by atoms with E-state index in [0.29, 0.717) is 5.92 Å². The van der Waals surface area contributed by atoms with Crippen LogP contribution in [0.25, 0.3) is 0 Å². The van der Waals surface area contributed by atoms with Crippen molar-refractivity contribution in [1.29, 1.82) is 0 Å². The molecule has 0 saturated heterocycles. The largest absolute Gasteiger partial charge is 0.344 e. The summed E-state index contributed by atoms with van der Waals surface area (Å²) in [4.78, 5) is 0. The third-order valence-corrected chi connectivity index (χ3v) is 5.52. The maximum absolute atomic E-state index is 5.53. The van der Waals surface area contributed by atoms with Crippen LogP contribution in [-0.2, 0) is 43.6 Å². The molecule has 0 bridgehead atoms. The Hall–Kier alpha value is 1.88. The van der Waals surface area contributed by atoms with Gasteiger partial charge in [-0.3, -0.25) is 0 Å². The minimum atomic E-state index is -0.980. The molecule has 0 spiro atoms. The maximum atomic E-state index is 5.53. The third kappa shape index (κ3) is 13.9. The molecule has 13 heavy (non-hydrogen) atoms. The first-order valence-corrected chi connectivity index (χ1v) is 8.57. The van der Waals surface area contributed by atoms with Crippen LogP contribution in [0.15, 0.2) is 0 Å². The van der Waals surface area contributed by atoms with E-state index in [0.717, 1.165) is 18.3 Å². The van der Waals surface area contributed by atoms with E-state index >= 15 is 0 Å². The van der Waals surface area contributed by atoms with Crippen LogP contribution in [0.2, 0.25) is 0 Å². The topological polar surface area (TPSA) is 9.23 Å². The molecule has 0 aromatic carbocycles. The first kappa shape index (κ1) is 17.3. The van der Waals surface area contributed by atoms with Gasteiger partial charge in [0, 0.05) is 33.1 Å². The van der Waals surface area contributed by atoms with Gasteiger partial charge in [-0.2, -0.15) is 0 Å². The van der Waals surface area contributed by atoms with Crippen LogP contribution in [0.5, 0.6) is 0 Å². The van der Waals surface area contributed by atoms with Gasteiger partial charge in [0.15, 0.2) is 0 Å². The molecule has 76 valence electrons. The predicted octanol–water partition coefficient (Wildman–Crippen LogP) is 3.55. The molecule has 0 aromatic heterocycles. The molecule has 5 heteroatoms. The molecule has 0 aromatic rings. The molecule has 0 N–H and O–H groups in total. The van der Waals surface area contributed by atoms with Crippen molar-refractivity contribution in [3.8, 4) is 0 Å². The summed E-state index contributed by atoms with van der Waals surface area (Å²) in [5.41, 5.74) is 0. The van der Waals surface area contributed by atoms with E-state index in [1.807, 2.05) is 11.4 Å². The molecule has 0 radical (unpaired) electrons. The van der Waals surface area contributed by atoms with Crippen molar-refractivity contribution < 1.29 is 31.8 Å². The molecular weight excluding hydrogens is 320 g/mol. The van der Waals surface area contributed by atoms with Crippen LogP contribution in [0.1, 0.15) is 27.7 Å². The van der Waals surface area contributed by atoms with Gasteiger partial charge in [-0.05, 0) is 11.8 Å². The van der Waals surface area contributed by atoms with Gasteiger partial charge in [-0.15, -0.1) is 11.4 Å². The Morgan fingerprint density at radius 1 is 1.23 bits per heavy atom. The van der Waals surface area contributed by atoms with Gasteiger partial charge in [0.05, 0.1) is 6.61 Å². The van der Waals surface area contributed by atoms with Gasteiger partial charge < -0.3 is 4.52 Å². The Morgan fingerprint density at radius 3 is 2.15 bits per heavy atom. The van der Waals surface area contributed by atoms with E-state index < -0.39 is 6.13 Å². The van der Waals surface area contributed by atoms with E-state index in [1.165, 1.54) is 0 Å². The smallest absolute Gasteiger partial charge is 0.107 e. The summed E-state index contributed by atoms with van der Waals surface area (Å²) in [6.45, 7) is 9.54. The van der Waals surface area contributed by atoms with Gasteiger partial charge in [0.2, 0.25) is 0 Å². The summed E-state index contributed by atoms with van der Waals surface area (Å²) in [6, 6.07) is 0. The van der Waals surface area contributed by atoms with Crippen molar-refractivity contribution in [2.75, 3.05) is 12.4 Å². The van der Waals surface area contributed by atoms with Gasteiger partial charge in [0.25, 0.3) is 0 Å². The fourth-order valence-corrected chi connectivity index (χ4v) is 4.21. The standard InChI is InChI=1S/C8H19OPS2.Cd/c1-7(2)5-9-10(11)12-6-8(3)4;/h7-8,10H,5-6H2,1-4H3;. The second-order valence-corrected chi connectivity index (χ2v) is 8.94. The molecular formula is C8H19CdOPS2. The zero-order chi connectivity index (χ0) is 9.56. The molecule has 0 saturated carbocycles. The van der Waals surface area contributed by atoms with Crippen LogP contribution in [-0.4, -0.2) is 12.4 Å². The molecule has 1 unspecified atom stereocenters. The van der Waals surface area contributed by atoms with E-state index in [2.05, 4.69) is 27.7 Å². The molecule has 0 aliphatic carbocycles. The van der Waals surface area contributed by atoms with Crippen molar-refractivity contribution in [3.05, 3.63) is 0 Å². The van der Waals surface area contributed by atoms with Gasteiger partial charge >= 0.3 is 0 Å². The van der Waals surface area contributed by atoms with E-state index in [9.17, 15) is 0 Å². The molecule has 0 heterocycles.